The first-order chi connectivity index (χ1) is 13.1. The molecule has 0 radical (unpaired) electrons. The molecule has 0 fully saturated rings. The van der Waals surface area contributed by atoms with E-state index < -0.39 is 29.3 Å². The number of aromatic nitrogens is 5. The number of anilines is 1. The van der Waals surface area contributed by atoms with E-state index in [2.05, 4.69) is 20.5 Å². The smallest absolute Gasteiger partial charge is 0.292 e. The minimum Gasteiger partial charge on any atom is -0.292 e. The number of carbonyl (C=O) groups excluding carboxylic acids is 1. The number of halogens is 4. The lowest BCUT2D eigenvalue weighted by Crippen LogP contribution is -2.21. The average Bonchev–Trinajstić information content (AvgIpc) is 3.16. The third-order valence-electron chi connectivity index (χ3n) is 3.95. The van der Waals surface area contributed by atoms with Gasteiger partial charge in [-0.2, -0.15) is 18.3 Å². The number of carbonyl (C=O) groups is 1. The fraction of sp³-hybridized carbons (Fsp3) is 0.294. The van der Waals surface area contributed by atoms with Gasteiger partial charge in [0.2, 0.25) is 11.9 Å². The molecule has 0 aliphatic rings. The molecule has 0 unspecified atom stereocenters. The van der Waals surface area contributed by atoms with Crippen LogP contribution in [0, 0.1) is 13.8 Å². The Morgan fingerprint density at radius 3 is 2.46 bits per heavy atom. The third-order valence-corrected chi connectivity index (χ3v) is 4.40. The Kier molecular flexibility index (Phi) is 5.41. The predicted octanol–water partition coefficient (Wildman–Crippen LogP) is 3.45. The van der Waals surface area contributed by atoms with Crippen molar-refractivity contribution >= 4 is 23.5 Å². The van der Waals surface area contributed by atoms with Crippen LogP contribution in [0.2, 0.25) is 5.02 Å². The number of benzene rings is 1. The fourth-order valence-electron chi connectivity index (χ4n) is 2.47. The van der Waals surface area contributed by atoms with Gasteiger partial charge in [0.15, 0.2) is 5.69 Å². The number of aryl methyl sites for hydroxylation is 1. The molecule has 1 aromatic carbocycles. The van der Waals surface area contributed by atoms with Crippen molar-refractivity contribution in [2.24, 2.45) is 0 Å². The molecule has 11 heteroatoms. The van der Waals surface area contributed by atoms with Crippen LogP contribution < -0.4 is 5.32 Å². The molecule has 0 atom stereocenters. The van der Waals surface area contributed by atoms with Crippen LogP contribution in [0.5, 0.6) is 0 Å². The number of amides is 1. The monoisotopic (exact) mass is 412 g/mol. The number of hydrogen-bond acceptors (Lipinski definition) is 4. The van der Waals surface area contributed by atoms with E-state index in [0.29, 0.717) is 6.54 Å². The molecule has 2 aromatic heterocycles. The van der Waals surface area contributed by atoms with Crippen LogP contribution in [0.3, 0.4) is 0 Å². The van der Waals surface area contributed by atoms with Crippen molar-refractivity contribution in [3.05, 3.63) is 58.1 Å². The highest BCUT2D eigenvalue weighted by molar-refractivity contribution is 6.32. The Bertz CT molecular complexity index is 993. The molecule has 148 valence electrons. The zero-order chi connectivity index (χ0) is 20.5. The van der Waals surface area contributed by atoms with Gasteiger partial charge in [0.05, 0.1) is 17.3 Å². The summed E-state index contributed by atoms with van der Waals surface area (Å²) in [5, 5.41) is 9.42. The van der Waals surface area contributed by atoms with Gasteiger partial charge in [0, 0.05) is 0 Å². The highest BCUT2D eigenvalue weighted by atomic mass is 35.5. The molecule has 2 heterocycles. The molecule has 7 nitrogen and oxygen atoms in total. The second-order valence-corrected chi connectivity index (χ2v) is 6.58. The third kappa shape index (κ3) is 4.50. The van der Waals surface area contributed by atoms with Crippen LogP contribution in [-0.4, -0.2) is 30.5 Å². The first kappa shape index (κ1) is 19.9. The van der Waals surface area contributed by atoms with Crippen LogP contribution in [-0.2, 0) is 24.1 Å². The van der Waals surface area contributed by atoms with Crippen molar-refractivity contribution in [1.82, 2.24) is 24.5 Å². The van der Waals surface area contributed by atoms with E-state index in [1.165, 1.54) is 17.9 Å². The number of hydrogen-bond donors (Lipinski definition) is 1. The molecule has 0 aliphatic heterocycles. The van der Waals surface area contributed by atoms with Crippen LogP contribution >= 0.6 is 11.6 Å². The molecule has 1 amide bonds. The molecule has 3 aromatic rings. The number of nitrogens with one attached hydrogen (secondary N) is 1. The summed E-state index contributed by atoms with van der Waals surface area (Å²) in [5.41, 5.74) is 0.967. The van der Waals surface area contributed by atoms with Gasteiger partial charge in [-0.25, -0.2) is 9.67 Å². The molecular weight excluding hydrogens is 397 g/mol. The zero-order valence-electron chi connectivity index (χ0n) is 15.0. The van der Waals surface area contributed by atoms with Crippen molar-refractivity contribution in [2.75, 3.05) is 5.32 Å². The fourth-order valence-corrected chi connectivity index (χ4v) is 2.71. The van der Waals surface area contributed by atoms with Gasteiger partial charge in [-0.3, -0.25) is 14.8 Å². The van der Waals surface area contributed by atoms with Gasteiger partial charge in [0.25, 0.3) is 0 Å². The summed E-state index contributed by atoms with van der Waals surface area (Å²) in [5.74, 6) is -0.576. The van der Waals surface area contributed by atoms with Gasteiger partial charge < -0.3 is 0 Å². The molecular formula is C17H16ClF3N6O. The summed E-state index contributed by atoms with van der Waals surface area (Å²) in [6.45, 7) is 3.35. The van der Waals surface area contributed by atoms with Crippen molar-refractivity contribution in [2.45, 2.75) is 33.1 Å². The Labute approximate surface area is 163 Å². The van der Waals surface area contributed by atoms with Crippen molar-refractivity contribution in [3.63, 3.8) is 0 Å². The molecule has 0 saturated heterocycles. The molecule has 3 rings (SSSR count). The van der Waals surface area contributed by atoms with Crippen molar-refractivity contribution < 1.29 is 18.0 Å². The Morgan fingerprint density at radius 2 is 1.86 bits per heavy atom. The first-order valence-corrected chi connectivity index (χ1v) is 8.56. The second kappa shape index (κ2) is 7.63. The maximum atomic E-state index is 12.8. The Balaban J connectivity index is 1.64. The number of alkyl halides is 3. The van der Waals surface area contributed by atoms with E-state index in [1.54, 1.807) is 0 Å². The van der Waals surface area contributed by atoms with Crippen LogP contribution in [0.15, 0.2) is 30.6 Å². The quantitative estimate of drug-likeness (QED) is 0.696. The summed E-state index contributed by atoms with van der Waals surface area (Å²) in [6.07, 6.45) is -3.24. The molecule has 0 spiro atoms. The van der Waals surface area contributed by atoms with E-state index in [4.69, 9.17) is 11.6 Å². The lowest BCUT2D eigenvalue weighted by molar-refractivity contribution is -0.141. The SMILES string of the molecule is Cc1ccc(Cn2cnc(NC(=O)Cn3nc(C(F)(F)F)c(Cl)c3C)n2)cc1. The van der Waals surface area contributed by atoms with Crippen LogP contribution in [0.1, 0.15) is 22.5 Å². The highest BCUT2D eigenvalue weighted by Gasteiger charge is 2.38. The molecule has 0 bridgehead atoms. The molecule has 0 saturated carbocycles. The van der Waals surface area contributed by atoms with E-state index in [9.17, 15) is 18.0 Å². The highest BCUT2D eigenvalue weighted by Crippen LogP contribution is 2.35. The van der Waals surface area contributed by atoms with E-state index in [-0.39, 0.29) is 11.6 Å². The number of rotatable bonds is 5. The minimum atomic E-state index is -4.69. The van der Waals surface area contributed by atoms with Crippen LogP contribution in [0.25, 0.3) is 0 Å². The topological polar surface area (TPSA) is 77.6 Å². The molecule has 0 aliphatic carbocycles. The maximum absolute atomic E-state index is 12.8. The lowest BCUT2D eigenvalue weighted by atomic mass is 10.1. The van der Waals surface area contributed by atoms with E-state index in [0.717, 1.165) is 15.8 Å². The molecule has 1 N–H and O–H groups in total. The van der Waals surface area contributed by atoms with Gasteiger partial charge >= 0.3 is 6.18 Å². The average molecular weight is 413 g/mol. The number of nitrogens with zero attached hydrogens (tertiary/aromatic N) is 5. The Hall–Kier alpha value is -2.88. The van der Waals surface area contributed by atoms with E-state index in [1.807, 2.05) is 31.2 Å². The lowest BCUT2D eigenvalue weighted by Gasteiger charge is -2.04. The van der Waals surface area contributed by atoms with Gasteiger partial charge in [0.1, 0.15) is 12.9 Å². The van der Waals surface area contributed by atoms with Gasteiger partial charge in [-0.1, -0.05) is 41.4 Å². The predicted molar refractivity (Wildman–Crippen MR) is 95.9 cm³/mol. The van der Waals surface area contributed by atoms with Crippen molar-refractivity contribution in [3.8, 4) is 0 Å². The standard InChI is InChI=1S/C17H16ClF3N6O/c1-10-3-5-12(6-4-10)7-26-9-22-16(25-26)23-13(28)8-27-11(2)14(18)15(24-27)17(19,20)21/h3-6,9H,7-8H2,1-2H3,(H,23,25,28). The summed E-state index contributed by atoms with van der Waals surface area (Å²) in [4.78, 5) is 16.1. The van der Waals surface area contributed by atoms with Gasteiger partial charge in [-0.15, -0.1) is 5.10 Å². The first-order valence-electron chi connectivity index (χ1n) is 8.18. The van der Waals surface area contributed by atoms with Crippen molar-refractivity contribution in [1.29, 1.82) is 0 Å². The maximum Gasteiger partial charge on any atom is 0.436 e. The summed E-state index contributed by atoms with van der Waals surface area (Å²) in [6, 6.07) is 7.86. The van der Waals surface area contributed by atoms with E-state index >= 15 is 0 Å². The normalized spacial score (nSPS) is 11.6. The summed E-state index contributed by atoms with van der Waals surface area (Å²) in [7, 11) is 0. The van der Waals surface area contributed by atoms with Gasteiger partial charge in [-0.05, 0) is 19.4 Å². The summed E-state index contributed by atoms with van der Waals surface area (Å²) >= 11 is 5.67. The second-order valence-electron chi connectivity index (χ2n) is 6.20. The molecule has 28 heavy (non-hydrogen) atoms. The minimum absolute atomic E-state index is 0.0435. The van der Waals surface area contributed by atoms with Crippen LogP contribution in [0.4, 0.5) is 19.1 Å². The summed E-state index contributed by atoms with van der Waals surface area (Å²) < 4.78 is 41.0. The zero-order valence-corrected chi connectivity index (χ0v) is 15.7. The Morgan fingerprint density at radius 1 is 1.18 bits per heavy atom. The largest absolute Gasteiger partial charge is 0.436 e.